The second-order valence-electron chi connectivity index (χ2n) is 6.69. The number of thioether (sulfide) groups is 1. The van der Waals surface area contributed by atoms with E-state index in [1.807, 2.05) is 0 Å². The predicted molar refractivity (Wildman–Crippen MR) is 110 cm³/mol. The molecule has 0 aromatic heterocycles. The topological polar surface area (TPSA) is 228 Å². The number of carboxylic acid groups (broad SMARTS) is 2. The van der Waals surface area contributed by atoms with Crippen LogP contribution < -0.4 is 21.7 Å². The van der Waals surface area contributed by atoms with Crippen LogP contribution in [0.4, 0.5) is 0 Å². The molecule has 0 saturated carbocycles. The molecule has 0 saturated heterocycles. The second kappa shape index (κ2) is 14.6. The van der Waals surface area contributed by atoms with Crippen molar-refractivity contribution in [2.75, 3.05) is 18.6 Å². The van der Waals surface area contributed by atoms with Crippen LogP contribution in [0.15, 0.2) is 0 Å². The van der Waals surface area contributed by atoms with E-state index in [0.29, 0.717) is 5.75 Å². The molecule has 0 aliphatic rings. The van der Waals surface area contributed by atoms with Crippen molar-refractivity contribution in [3.8, 4) is 0 Å². The van der Waals surface area contributed by atoms with E-state index in [4.69, 9.17) is 10.8 Å². The first-order valence-corrected chi connectivity index (χ1v) is 10.7. The van der Waals surface area contributed by atoms with E-state index in [0.717, 1.165) is 0 Å². The van der Waals surface area contributed by atoms with Crippen LogP contribution in [-0.4, -0.2) is 99.0 Å². The number of nitrogens with two attached hydrogens (primary N) is 1. The molecule has 178 valence electrons. The van der Waals surface area contributed by atoms with Crippen LogP contribution in [0, 0.1) is 0 Å². The van der Waals surface area contributed by atoms with Crippen molar-refractivity contribution in [3.63, 3.8) is 0 Å². The van der Waals surface area contributed by atoms with Gasteiger partial charge >= 0.3 is 11.9 Å². The zero-order valence-corrected chi connectivity index (χ0v) is 18.1. The Bertz CT molecular complexity index is 647. The molecular formula is C17H30N4O9S. The average molecular weight is 467 g/mol. The SMILES string of the molecule is CSCCC(NC(=O)C(CO)NC(=O)C(NC(=O)C(N)CCC(=O)O)C(C)O)C(=O)O. The van der Waals surface area contributed by atoms with Crippen LogP contribution in [0.2, 0.25) is 0 Å². The Labute approximate surface area is 183 Å². The van der Waals surface area contributed by atoms with Gasteiger partial charge in [-0.1, -0.05) is 0 Å². The summed E-state index contributed by atoms with van der Waals surface area (Å²) in [6.45, 7) is 0.315. The van der Waals surface area contributed by atoms with Gasteiger partial charge in [0.15, 0.2) is 0 Å². The minimum Gasteiger partial charge on any atom is -0.481 e. The van der Waals surface area contributed by atoms with Gasteiger partial charge in [0.2, 0.25) is 17.7 Å². The van der Waals surface area contributed by atoms with Gasteiger partial charge in [0.25, 0.3) is 0 Å². The molecule has 5 unspecified atom stereocenters. The zero-order valence-electron chi connectivity index (χ0n) is 17.2. The molecule has 31 heavy (non-hydrogen) atoms. The maximum absolute atomic E-state index is 12.4. The Balaban J connectivity index is 5.09. The summed E-state index contributed by atoms with van der Waals surface area (Å²) in [5.41, 5.74) is 5.56. The molecule has 0 aliphatic heterocycles. The van der Waals surface area contributed by atoms with E-state index in [2.05, 4.69) is 16.0 Å². The number of aliphatic hydroxyl groups is 2. The summed E-state index contributed by atoms with van der Waals surface area (Å²) in [4.78, 5) is 58.6. The molecule has 3 amide bonds. The highest BCUT2D eigenvalue weighted by atomic mass is 32.2. The van der Waals surface area contributed by atoms with E-state index in [1.54, 1.807) is 6.26 Å². The van der Waals surface area contributed by atoms with E-state index in [1.165, 1.54) is 18.7 Å². The van der Waals surface area contributed by atoms with Gasteiger partial charge in [-0.15, -0.1) is 0 Å². The quantitative estimate of drug-likeness (QED) is 0.120. The minimum atomic E-state index is -1.56. The lowest BCUT2D eigenvalue weighted by molar-refractivity contribution is -0.143. The molecule has 0 radical (unpaired) electrons. The third-order valence-corrected chi connectivity index (χ3v) is 4.75. The van der Waals surface area contributed by atoms with E-state index in [-0.39, 0.29) is 19.3 Å². The van der Waals surface area contributed by atoms with E-state index < -0.39 is 66.5 Å². The number of nitrogens with one attached hydrogen (secondary N) is 3. The molecule has 0 bridgehead atoms. The molecule has 9 N–H and O–H groups in total. The Kier molecular flexibility index (Phi) is 13.4. The van der Waals surface area contributed by atoms with Crippen molar-refractivity contribution in [2.24, 2.45) is 5.73 Å². The summed E-state index contributed by atoms with van der Waals surface area (Å²) in [5.74, 6) is -4.88. The number of aliphatic carboxylic acids is 2. The van der Waals surface area contributed by atoms with Crippen molar-refractivity contribution in [1.29, 1.82) is 0 Å². The van der Waals surface area contributed by atoms with Gasteiger partial charge in [-0.2, -0.15) is 11.8 Å². The number of hydrogen-bond donors (Lipinski definition) is 8. The summed E-state index contributed by atoms with van der Waals surface area (Å²) in [7, 11) is 0. The van der Waals surface area contributed by atoms with Crippen LogP contribution in [0.1, 0.15) is 26.2 Å². The summed E-state index contributed by atoms with van der Waals surface area (Å²) >= 11 is 1.37. The monoisotopic (exact) mass is 466 g/mol. The first kappa shape index (κ1) is 28.6. The number of rotatable bonds is 15. The van der Waals surface area contributed by atoms with Crippen molar-refractivity contribution in [1.82, 2.24) is 16.0 Å². The van der Waals surface area contributed by atoms with Gasteiger partial charge in [0.05, 0.1) is 18.8 Å². The van der Waals surface area contributed by atoms with Crippen molar-refractivity contribution in [2.45, 2.75) is 56.5 Å². The lowest BCUT2D eigenvalue weighted by atomic mass is 10.1. The highest BCUT2D eigenvalue weighted by Crippen LogP contribution is 2.03. The van der Waals surface area contributed by atoms with Crippen LogP contribution >= 0.6 is 11.8 Å². The first-order valence-electron chi connectivity index (χ1n) is 9.33. The molecule has 5 atom stereocenters. The summed E-state index contributed by atoms with van der Waals surface area (Å²) in [5, 5.41) is 43.6. The number of hydrogen-bond acceptors (Lipinski definition) is 9. The zero-order chi connectivity index (χ0) is 24.1. The molecule has 0 rings (SSSR count). The number of carbonyl (C=O) groups excluding carboxylic acids is 3. The molecule has 14 heteroatoms. The predicted octanol–water partition coefficient (Wildman–Crippen LogP) is -3.16. The van der Waals surface area contributed by atoms with Gasteiger partial charge in [-0.3, -0.25) is 19.2 Å². The van der Waals surface area contributed by atoms with Crippen molar-refractivity contribution < 1.29 is 44.4 Å². The summed E-state index contributed by atoms with van der Waals surface area (Å²) < 4.78 is 0. The minimum absolute atomic E-state index is 0.120. The summed E-state index contributed by atoms with van der Waals surface area (Å²) in [6, 6.07) is -5.58. The Morgan fingerprint density at radius 1 is 0.935 bits per heavy atom. The first-order chi connectivity index (χ1) is 14.4. The van der Waals surface area contributed by atoms with Gasteiger partial charge in [-0.05, 0) is 31.8 Å². The molecule has 13 nitrogen and oxygen atoms in total. The molecular weight excluding hydrogens is 436 g/mol. The Morgan fingerprint density at radius 3 is 1.97 bits per heavy atom. The Morgan fingerprint density at radius 2 is 1.52 bits per heavy atom. The number of carboxylic acids is 2. The van der Waals surface area contributed by atoms with E-state index >= 15 is 0 Å². The van der Waals surface area contributed by atoms with Crippen molar-refractivity contribution in [3.05, 3.63) is 0 Å². The smallest absolute Gasteiger partial charge is 0.326 e. The highest BCUT2D eigenvalue weighted by Gasteiger charge is 2.32. The number of carbonyl (C=O) groups is 5. The second-order valence-corrected chi connectivity index (χ2v) is 7.68. The lowest BCUT2D eigenvalue weighted by Crippen LogP contribution is -2.60. The maximum Gasteiger partial charge on any atom is 0.326 e. The van der Waals surface area contributed by atoms with Crippen LogP contribution in [0.3, 0.4) is 0 Å². The maximum atomic E-state index is 12.4. The van der Waals surface area contributed by atoms with Gasteiger partial charge in [0.1, 0.15) is 18.1 Å². The van der Waals surface area contributed by atoms with Crippen LogP contribution in [-0.2, 0) is 24.0 Å². The molecule has 0 fully saturated rings. The lowest BCUT2D eigenvalue weighted by Gasteiger charge is -2.25. The average Bonchev–Trinajstić information content (AvgIpc) is 2.70. The van der Waals surface area contributed by atoms with Gasteiger partial charge < -0.3 is 42.1 Å². The van der Waals surface area contributed by atoms with Gasteiger partial charge in [0, 0.05) is 6.42 Å². The normalized spacial score (nSPS) is 15.6. The summed E-state index contributed by atoms with van der Waals surface area (Å²) in [6.07, 6.45) is -0.131. The fourth-order valence-corrected chi connectivity index (χ4v) is 2.77. The number of amides is 3. The molecule has 0 aromatic rings. The highest BCUT2D eigenvalue weighted by molar-refractivity contribution is 7.98. The molecule has 0 aromatic carbocycles. The third kappa shape index (κ3) is 11.0. The molecule has 0 aliphatic carbocycles. The van der Waals surface area contributed by atoms with Crippen LogP contribution in [0.5, 0.6) is 0 Å². The van der Waals surface area contributed by atoms with Crippen molar-refractivity contribution >= 4 is 41.4 Å². The van der Waals surface area contributed by atoms with E-state index in [9.17, 15) is 39.3 Å². The third-order valence-electron chi connectivity index (χ3n) is 4.11. The number of aliphatic hydroxyl groups excluding tert-OH is 2. The fourth-order valence-electron chi connectivity index (χ4n) is 2.30. The Hall–Kier alpha value is -2.42. The van der Waals surface area contributed by atoms with Gasteiger partial charge in [-0.25, -0.2) is 4.79 Å². The fraction of sp³-hybridized carbons (Fsp3) is 0.706. The molecule has 0 spiro atoms. The standard InChI is InChI=1S/C17H30N4O9S/c1-8(23)13(21-14(26)9(18)3-4-12(24)25)16(28)20-11(7-22)15(27)19-10(17(29)30)5-6-31-2/h8-11,13,22-23H,3-7,18H2,1-2H3,(H,19,27)(H,20,28)(H,21,26)(H,24,25)(H,29,30). The van der Waals surface area contributed by atoms with Crippen LogP contribution in [0.25, 0.3) is 0 Å². The largest absolute Gasteiger partial charge is 0.481 e. The molecule has 0 heterocycles.